The maximum Gasteiger partial charge on any atom is 0.338 e. The number of nitriles is 1. The lowest BCUT2D eigenvalue weighted by molar-refractivity contribution is 0.0692. The van der Waals surface area contributed by atoms with Gasteiger partial charge in [-0.05, 0) is 30.3 Å². The number of hydrogen-bond acceptors (Lipinski definition) is 3. The van der Waals surface area contributed by atoms with Gasteiger partial charge in [0.2, 0.25) is 0 Å². The lowest BCUT2D eigenvalue weighted by Gasteiger charge is -2.08. The lowest BCUT2D eigenvalue weighted by Crippen LogP contribution is -2.00. The van der Waals surface area contributed by atoms with E-state index in [0.29, 0.717) is 0 Å². The van der Waals surface area contributed by atoms with E-state index in [4.69, 9.17) is 15.1 Å². The quantitative estimate of drug-likeness (QED) is 0.932. The second-order valence-electron chi connectivity index (χ2n) is 3.80. The summed E-state index contributed by atoms with van der Waals surface area (Å²) >= 11 is 0. The Kier molecular flexibility index (Phi) is 3.62. The molecule has 100 valence electrons. The van der Waals surface area contributed by atoms with Gasteiger partial charge >= 0.3 is 5.97 Å². The van der Waals surface area contributed by atoms with Crippen LogP contribution in [0.1, 0.15) is 15.9 Å². The Bertz CT molecular complexity index is 723. The van der Waals surface area contributed by atoms with E-state index in [-0.39, 0.29) is 17.1 Å². The monoisotopic (exact) mass is 275 g/mol. The molecule has 20 heavy (non-hydrogen) atoms. The van der Waals surface area contributed by atoms with Gasteiger partial charge in [-0.25, -0.2) is 13.6 Å². The molecule has 0 amide bonds. The minimum absolute atomic E-state index is 0.00982. The molecule has 0 saturated heterocycles. The molecule has 0 saturated carbocycles. The van der Waals surface area contributed by atoms with Crippen molar-refractivity contribution < 1.29 is 23.4 Å². The molecule has 0 radical (unpaired) electrons. The first kappa shape index (κ1) is 13.5. The summed E-state index contributed by atoms with van der Waals surface area (Å²) in [5.74, 6) is -2.89. The highest BCUT2D eigenvalue weighted by Gasteiger charge is 2.12. The van der Waals surface area contributed by atoms with Gasteiger partial charge in [-0.3, -0.25) is 0 Å². The van der Waals surface area contributed by atoms with Crippen LogP contribution in [0.25, 0.3) is 0 Å². The molecule has 4 nitrogen and oxygen atoms in total. The SMILES string of the molecule is N#Cc1cc(F)ccc1Oc1ccc(C(=O)O)c(F)c1. The van der Waals surface area contributed by atoms with Gasteiger partial charge in [0.25, 0.3) is 0 Å². The zero-order valence-electron chi connectivity index (χ0n) is 9.93. The Balaban J connectivity index is 2.34. The molecule has 0 aromatic heterocycles. The average molecular weight is 275 g/mol. The Labute approximate surface area is 112 Å². The third kappa shape index (κ3) is 2.72. The number of carboxylic acids is 1. The fourth-order valence-corrected chi connectivity index (χ4v) is 1.54. The number of rotatable bonds is 3. The average Bonchev–Trinajstić information content (AvgIpc) is 2.40. The zero-order valence-corrected chi connectivity index (χ0v) is 9.93. The van der Waals surface area contributed by atoms with E-state index in [1.54, 1.807) is 6.07 Å². The van der Waals surface area contributed by atoms with Crippen molar-refractivity contribution in [2.45, 2.75) is 0 Å². The molecule has 6 heteroatoms. The zero-order chi connectivity index (χ0) is 14.7. The Hall–Kier alpha value is -2.94. The summed E-state index contributed by atoms with van der Waals surface area (Å²) in [5.41, 5.74) is -0.537. The number of carboxylic acid groups (broad SMARTS) is 1. The topological polar surface area (TPSA) is 70.3 Å². The number of carbonyl (C=O) groups is 1. The van der Waals surface area contributed by atoms with Crippen molar-refractivity contribution in [2.24, 2.45) is 0 Å². The molecule has 0 bridgehead atoms. The van der Waals surface area contributed by atoms with Crippen LogP contribution in [0.4, 0.5) is 8.78 Å². The van der Waals surface area contributed by atoms with E-state index in [1.165, 1.54) is 12.1 Å². The first-order valence-corrected chi connectivity index (χ1v) is 5.41. The van der Waals surface area contributed by atoms with Crippen LogP contribution >= 0.6 is 0 Å². The van der Waals surface area contributed by atoms with Crippen molar-refractivity contribution in [3.05, 3.63) is 59.2 Å². The van der Waals surface area contributed by atoms with Crippen LogP contribution in [-0.2, 0) is 0 Å². The minimum atomic E-state index is -1.39. The van der Waals surface area contributed by atoms with Gasteiger partial charge in [-0.15, -0.1) is 0 Å². The molecular formula is C14H7F2NO3. The Morgan fingerprint density at radius 1 is 1.20 bits per heavy atom. The molecular weight excluding hydrogens is 268 g/mol. The van der Waals surface area contributed by atoms with Crippen LogP contribution < -0.4 is 4.74 Å². The van der Waals surface area contributed by atoms with Crippen molar-refractivity contribution in [2.75, 3.05) is 0 Å². The van der Waals surface area contributed by atoms with E-state index >= 15 is 0 Å². The van der Waals surface area contributed by atoms with Gasteiger partial charge in [0.1, 0.15) is 29.2 Å². The van der Waals surface area contributed by atoms with Crippen LogP contribution in [0.3, 0.4) is 0 Å². The Morgan fingerprint density at radius 3 is 2.55 bits per heavy atom. The second kappa shape index (κ2) is 5.36. The number of hydrogen-bond donors (Lipinski definition) is 1. The molecule has 0 aliphatic rings. The summed E-state index contributed by atoms with van der Waals surface area (Å²) in [6, 6.07) is 8.23. The fraction of sp³-hybridized carbons (Fsp3) is 0. The summed E-state index contributed by atoms with van der Waals surface area (Å²) in [6.07, 6.45) is 0. The summed E-state index contributed by atoms with van der Waals surface area (Å²) in [6.45, 7) is 0. The highest BCUT2D eigenvalue weighted by molar-refractivity contribution is 5.88. The van der Waals surface area contributed by atoms with E-state index in [9.17, 15) is 13.6 Å². The number of ether oxygens (including phenoxy) is 1. The fourth-order valence-electron chi connectivity index (χ4n) is 1.54. The molecule has 2 aromatic rings. The van der Waals surface area contributed by atoms with E-state index in [1.807, 2.05) is 0 Å². The van der Waals surface area contributed by atoms with Crippen molar-refractivity contribution in [1.29, 1.82) is 5.26 Å². The highest BCUT2D eigenvalue weighted by atomic mass is 19.1. The molecule has 0 spiro atoms. The van der Waals surface area contributed by atoms with Crippen molar-refractivity contribution in [3.63, 3.8) is 0 Å². The van der Waals surface area contributed by atoms with Crippen LogP contribution in [0.5, 0.6) is 11.5 Å². The second-order valence-corrected chi connectivity index (χ2v) is 3.80. The third-order valence-corrected chi connectivity index (χ3v) is 2.46. The Morgan fingerprint density at radius 2 is 1.95 bits per heavy atom. The van der Waals surface area contributed by atoms with Gasteiger partial charge in [0.15, 0.2) is 0 Å². The summed E-state index contributed by atoms with van der Waals surface area (Å²) in [5, 5.41) is 17.5. The van der Waals surface area contributed by atoms with Gasteiger partial charge in [0, 0.05) is 6.07 Å². The summed E-state index contributed by atoms with van der Waals surface area (Å²) in [4.78, 5) is 10.7. The molecule has 0 aliphatic heterocycles. The lowest BCUT2D eigenvalue weighted by atomic mass is 10.2. The van der Waals surface area contributed by atoms with Crippen LogP contribution in [0.2, 0.25) is 0 Å². The number of nitrogens with zero attached hydrogens (tertiary/aromatic N) is 1. The van der Waals surface area contributed by atoms with E-state index in [2.05, 4.69) is 0 Å². The van der Waals surface area contributed by atoms with E-state index in [0.717, 1.165) is 24.3 Å². The van der Waals surface area contributed by atoms with E-state index < -0.39 is 23.2 Å². The highest BCUT2D eigenvalue weighted by Crippen LogP contribution is 2.27. The third-order valence-electron chi connectivity index (χ3n) is 2.46. The standard InChI is InChI=1S/C14H7F2NO3/c15-9-1-4-13(8(5-9)7-17)20-10-2-3-11(14(18)19)12(16)6-10/h1-6H,(H,18,19). The first-order valence-electron chi connectivity index (χ1n) is 5.41. The molecule has 0 atom stereocenters. The summed E-state index contributed by atoms with van der Waals surface area (Å²) in [7, 11) is 0. The molecule has 0 aliphatic carbocycles. The van der Waals surface area contributed by atoms with Crippen LogP contribution in [0.15, 0.2) is 36.4 Å². The van der Waals surface area contributed by atoms with Crippen molar-refractivity contribution in [3.8, 4) is 17.6 Å². The number of halogens is 2. The van der Waals surface area contributed by atoms with Crippen LogP contribution in [0, 0.1) is 23.0 Å². The smallest absolute Gasteiger partial charge is 0.338 e. The number of benzene rings is 2. The molecule has 2 aromatic carbocycles. The molecule has 2 rings (SSSR count). The van der Waals surface area contributed by atoms with Crippen LogP contribution in [-0.4, -0.2) is 11.1 Å². The van der Waals surface area contributed by atoms with Gasteiger partial charge in [0.05, 0.1) is 11.1 Å². The normalized spacial score (nSPS) is 9.85. The first-order chi connectivity index (χ1) is 9.51. The minimum Gasteiger partial charge on any atom is -0.478 e. The predicted molar refractivity (Wildman–Crippen MR) is 64.5 cm³/mol. The van der Waals surface area contributed by atoms with Gasteiger partial charge in [-0.2, -0.15) is 5.26 Å². The maximum absolute atomic E-state index is 13.5. The predicted octanol–water partition coefficient (Wildman–Crippen LogP) is 3.33. The van der Waals surface area contributed by atoms with Gasteiger partial charge < -0.3 is 9.84 Å². The maximum atomic E-state index is 13.5. The molecule has 1 N–H and O–H groups in total. The number of aromatic carboxylic acids is 1. The van der Waals surface area contributed by atoms with Crippen molar-refractivity contribution >= 4 is 5.97 Å². The van der Waals surface area contributed by atoms with Gasteiger partial charge in [-0.1, -0.05) is 0 Å². The molecule has 0 fully saturated rings. The summed E-state index contributed by atoms with van der Waals surface area (Å²) < 4.78 is 31.7. The van der Waals surface area contributed by atoms with Crippen molar-refractivity contribution in [1.82, 2.24) is 0 Å². The largest absolute Gasteiger partial charge is 0.478 e. The molecule has 0 unspecified atom stereocenters. The molecule has 0 heterocycles.